The second kappa shape index (κ2) is 10.3. The van der Waals surface area contributed by atoms with Gasteiger partial charge < -0.3 is 24.2 Å². The number of carboxylic acids is 1. The van der Waals surface area contributed by atoms with Gasteiger partial charge in [-0.15, -0.1) is 11.3 Å². The van der Waals surface area contributed by atoms with Gasteiger partial charge in [-0.05, 0) is 55.4 Å². The number of anilines is 1. The molecular weight excluding hydrogens is 466 g/mol. The first-order valence-corrected chi connectivity index (χ1v) is 11.7. The third-order valence-corrected chi connectivity index (χ3v) is 5.10. The van der Waals surface area contributed by atoms with Gasteiger partial charge >= 0.3 is 18.0 Å². The Hall–Kier alpha value is -2.73. The van der Waals surface area contributed by atoms with Gasteiger partial charge in [-0.1, -0.05) is 5.16 Å². The van der Waals surface area contributed by atoms with E-state index in [4.69, 9.17) is 19.0 Å². The Morgan fingerprint density at radius 2 is 1.68 bits per heavy atom. The van der Waals surface area contributed by atoms with Crippen LogP contribution in [-0.2, 0) is 28.6 Å². The summed E-state index contributed by atoms with van der Waals surface area (Å²) in [4.78, 5) is 46.7. The molecule has 190 valence electrons. The molecule has 0 unspecified atom stereocenters. The van der Waals surface area contributed by atoms with E-state index in [2.05, 4.69) is 15.5 Å². The predicted octanol–water partition coefficient (Wildman–Crippen LogP) is 3.96. The number of amides is 1. The zero-order valence-corrected chi connectivity index (χ0v) is 21.6. The standard InChI is InChI=1S/C22H33N3O8S/c1-12-9-22(10-13(2)30-12,17(28)31-20(3,4)5)33-25-15(16(26)27)14-11-34-18(23-14)24-19(29)32-21(6,7)8/h11-13H,9-10H2,1-8H3,(H,26,27)(H,23,24,29)/b25-15-/t12-,13-/m1/s1. The molecule has 1 aromatic heterocycles. The maximum atomic E-state index is 13.1. The van der Waals surface area contributed by atoms with Crippen LogP contribution in [0.25, 0.3) is 0 Å². The van der Waals surface area contributed by atoms with Crippen LogP contribution in [0.4, 0.5) is 9.93 Å². The fraction of sp³-hybridized carbons (Fsp3) is 0.682. The van der Waals surface area contributed by atoms with Gasteiger partial charge in [0.05, 0.1) is 12.2 Å². The van der Waals surface area contributed by atoms with Crippen LogP contribution in [-0.4, -0.2) is 62.8 Å². The number of aromatic nitrogens is 1. The summed E-state index contributed by atoms with van der Waals surface area (Å²) >= 11 is 0.991. The molecule has 1 saturated heterocycles. The van der Waals surface area contributed by atoms with Crippen LogP contribution < -0.4 is 5.32 Å². The highest BCUT2D eigenvalue weighted by Gasteiger charge is 2.50. The minimum atomic E-state index is -1.53. The maximum absolute atomic E-state index is 13.1. The molecule has 0 saturated carbocycles. The summed E-state index contributed by atoms with van der Waals surface area (Å²) in [6.07, 6.45) is -1.16. The average molecular weight is 500 g/mol. The fourth-order valence-corrected chi connectivity index (χ4v) is 3.99. The normalized spacial score (nSPS) is 23.7. The third kappa shape index (κ3) is 7.94. The van der Waals surface area contributed by atoms with Gasteiger partial charge in [0.25, 0.3) is 0 Å². The number of nitrogens with zero attached hydrogens (tertiary/aromatic N) is 2. The van der Waals surface area contributed by atoms with Crippen LogP contribution in [0.15, 0.2) is 10.5 Å². The number of rotatable bonds is 6. The molecule has 12 heteroatoms. The van der Waals surface area contributed by atoms with Gasteiger partial charge in [-0.3, -0.25) is 5.32 Å². The van der Waals surface area contributed by atoms with Crippen LogP contribution in [0.3, 0.4) is 0 Å². The largest absolute Gasteiger partial charge is 0.476 e. The third-order valence-electron chi connectivity index (χ3n) is 4.34. The van der Waals surface area contributed by atoms with E-state index in [1.165, 1.54) is 5.38 Å². The molecule has 2 rings (SSSR count). The lowest BCUT2D eigenvalue weighted by molar-refractivity contribution is -0.208. The average Bonchev–Trinajstić information content (AvgIpc) is 3.05. The highest BCUT2D eigenvalue weighted by molar-refractivity contribution is 7.14. The van der Waals surface area contributed by atoms with Gasteiger partial charge in [-0.2, -0.15) is 0 Å². The summed E-state index contributed by atoms with van der Waals surface area (Å²) in [7, 11) is 0. The van der Waals surface area contributed by atoms with Gasteiger partial charge in [-0.25, -0.2) is 19.4 Å². The van der Waals surface area contributed by atoms with Gasteiger partial charge in [0, 0.05) is 18.2 Å². The quantitative estimate of drug-likeness (QED) is 0.337. The second-order valence-electron chi connectivity index (χ2n) is 10.2. The zero-order chi connectivity index (χ0) is 25.9. The molecule has 0 bridgehead atoms. The van der Waals surface area contributed by atoms with Gasteiger partial charge in [0.1, 0.15) is 16.9 Å². The van der Waals surface area contributed by atoms with E-state index in [0.717, 1.165) is 11.3 Å². The fourth-order valence-electron chi connectivity index (χ4n) is 3.31. The van der Waals surface area contributed by atoms with Crippen molar-refractivity contribution in [2.45, 2.75) is 97.2 Å². The topological polar surface area (TPSA) is 146 Å². The molecule has 0 aromatic carbocycles. The molecule has 1 aliphatic rings. The van der Waals surface area contributed by atoms with Crippen LogP contribution in [0.5, 0.6) is 0 Å². The molecule has 2 heterocycles. The Balaban J connectivity index is 2.31. The highest BCUT2D eigenvalue weighted by atomic mass is 32.1. The molecule has 11 nitrogen and oxygen atoms in total. The van der Waals surface area contributed by atoms with E-state index < -0.39 is 40.5 Å². The number of esters is 1. The van der Waals surface area contributed by atoms with E-state index in [0.29, 0.717) is 0 Å². The molecule has 1 amide bonds. The first kappa shape index (κ1) is 27.5. The number of carboxylic acid groups (broad SMARTS) is 1. The lowest BCUT2D eigenvalue weighted by Crippen LogP contribution is -2.52. The molecule has 1 fully saturated rings. The van der Waals surface area contributed by atoms with E-state index >= 15 is 0 Å². The number of thiazole rings is 1. The first-order chi connectivity index (χ1) is 15.5. The Morgan fingerprint density at radius 3 is 2.18 bits per heavy atom. The Bertz CT molecular complexity index is 935. The van der Waals surface area contributed by atoms with Crippen LogP contribution >= 0.6 is 11.3 Å². The number of carbonyl (C=O) groups excluding carboxylic acids is 2. The van der Waals surface area contributed by atoms with Crippen molar-refractivity contribution in [2.24, 2.45) is 5.16 Å². The Kier molecular flexibility index (Phi) is 8.30. The Labute approximate surface area is 202 Å². The number of ether oxygens (including phenoxy) is 3. The van der Waals surface area contributed by atoms with E-state index in [1.807, 2.05) is 0 Å². The van der Waals surface area contributed by atoms with Crippen molar-refractivity contribution in [3.05, 3.63) is 11.1 Å². The molecule has 2 N–H and O–H groups in total. The number of hydrogen-bond acceptors (Lipinski definition) is 10. The van der Waals surface area contributed by atoms with Crippen molar-refractivity contribution >= 4 is 40.2 Å². The number of aliphatic carboxylic acids is 1. The van der Waals surface area contributed by atoms with E-state index in [1.54, 1.807) is 55.4 Å². The summed E-state index contributed by atoms with van der Waals surface area (Å²) in [5.74, 6) is -2.07. The lowest BCUT2D eigenvalue weighted by atomic mass is 9.87. The van der Waals surface area contributed by atoms with E-state index in [9.17, 15) is 19.5 Å². The maximum Gasteiger partial charge on any atom is 0.413 e. The minimum Gasteiger partial charge on any atom is -0.476 e. The van der Waals surface area contributed by atoms with Crippen molar-refractivity contribution in [2.75, 3.05) is 5.32 Å². The van der Waals surface area contributed by atoms with E-state index in [-0.39, 0.29) is 35.9 Å². The van der Waals surface area contributed by atoms with Crippen molar-refractivity contribution in [3.8, 4) is 0 Å². The Morgan fingerprint density at radius 1 is 1.12 bits per heavy atom. The summed E-state index contributed by atoms with van der Waals surface area (Å²) in [5, 5.41) is 17.5. The smallest absolute Gasteiger partial charge is 0.413 e. The summed E-state index contributed by atoms with van der Waals surface area (Å²) in [6, 6.07) is 0. The highest BCUT2D eigenvalue weighted by Crippen LogP contribution is 2.35. The van der Waals surface area contributed by atoms with Gasteiger partial charge in [0.15, 0.2) is 5.13 Å². The van der Waals surface area contributed by atoms with Crippen LogP contribution in [0, 0.1) is 0 Å². The number of carbonyl (C=O) groups is 3. The molecule has 1 aromatic rings. The monoisotopic (exact) mass is 499 g/mol. The predicted molar refractivity (Wildman–Crippen MR) is 125 cm³/mol. The number of nitrogens with one attached hydrogen (secondary N) is 1. The van der Waals surface area contributed by atoms with Crippen molar-refractivity contribution in [1.29, 1.82) is 0 Å². The molecule has 0 radical (unpaired) electrons. The van der Waals surface area contributed by atoms with Crippen LogP contribution in [0.1, 0.15) is 73.9 Å². The van der Waals surface area contributed by atoms with Gasteiger partial charge in [0.2, 0.25) is 11.3 Å². The van der Waals surface area contributed by atoms with Crippen LogP contribution in [0.2, 0.25) is 0 Å². The summed E-state index contributed by atoms with van der Waals surface area (Å²) < 4.78 is 16.4. The molecule has 2 atom stereocenters. The molecule has 0 aliphatic carbocycles. The van der Waals surface area contributed by atoms with Crippen molar-refractivity contribution < 1.29 is 38.5 Å². The van der Waals surface area contributed by atoms with Crippen molar-refractivity contribution in [1.82, 2.24) is 4.98 Å². The molecule has 0 spiro atoms. The molecule has 34 heavy (non-hydrogen) atoms. The first-order valence-electron chi connectivity index (χ1n) is 10.8. The SMILES string of the molecule is C[C@@H]1CC(O/N=C(\C(=O)O)c2csc(NC(=O)OC(C)(C)C)n2)(C(=O)OC(C)(C)C)C[C@@H](C)O1. The summed E-state index contributed by atoms with van der Waals surface area (Å²) in [5.41, 5.74) is -3.59. The number of oxime groups is 1. The number of hydrogen-bond donors (Lipinski definition) is 2. The minimum absolute atomic E-state index is 0.0453. The summed E-state index contributed by atoms with van der Waals surface area (Å²) in [6.45, 7) is 13.9. The molecule has 1 aliphatic heterocycles. The lowest BCUT2D eigenvalue weighted by Gasteiger charge is -2.40. The molecular formula is C22H33N3O8S. The zero-order valence-electron chi connectivity index (χ0n) is 20.8. The second-order valence-corrected chi connectivity index (χ2v) is 11.0. The van der Waals surface area contributed by atoms with Crippen molar-refractivity contribution in [3.63, 3.8) is 0 Å².